The van der Waals surface area contributed by atoms with Gasteiger partial charge in [-0.3, -0.25) is 4.79 Å². The molecule has 0 unspecified atom stereocenters. The smallest absolute Gasteiger partial charge is 0.282 e. The molecular formula is C13H9Br2N3O2. The lowest BCUT2D eigenvalue weighted by Gasteiger charge is -2.08. The van der Waals surface area contributed by atoms with Crippen LogP contribution < -0.4 is 10.3 Å². The van der Waals surface area contributed by atoms with Crippen LogP contribution in [0.5, 0.6) is 5.75 Å². The Hall–Kier alpha value is -1.65. The van der Waals surface area contributed by atoms with Gasteiger partial charge in [0.1, 0.15) is 16.3 Å². The molecule has 2 rings (SSSR count). The molecule has 0 saturated heterocycles. The van der Waals surface area contributed by atoms with Crippen LogP contribution in [-0.2, 0) is 6.54 Å². The molecule has 0 N–H and O–H groups in total. The lowest BCUT2D eigenvalue weighted by molar-refractivity contribution is 0.413. The summed E-state index contributed by atoms with van der Waals surface area (Å²) in [6.45, 7) is 0.281. The van der Waals surface area contributed by atoms with Crippen LogP contribution in [0.2, 0.25) is 0 Å². The van der Waals surface area contributed by atoms with E-state index in [-0.39, 0.29) is 12.1 Å². The first-order valence-corrected chi connectivity index (χ1v) is 7.13. The molecule has 0 aliphatic rings. The van der Waals surface area contributed by atoms with Gasteiger partial charge in [-0.15, -0.1) is 0 Å². The van der Waals surface area contributed by atoms with Gasteiger partial charge in [-0.2, -0.15) is 10.4 Å². The largest absolute Gasteiger partial charge is 0.495 e. The molecular weight excluding hydrogens is 390 g/mol. The van der Waals surface area contributed by atoms with Crippen molar-refractivity contribution in [3.63, 3.8) is 0 Å². The molecule has 0 spiro atoms. The second-order valence-electron chi connectivity index (χ2n) is 3.92. The highest BCUT2D eigenvalue weighted by Crippen LogP contribution is 2.20. The van der Waals surface area contributed by atoms with Crippen molar-refractivity contribution in [3.8, 4) is 11.8 Å². The number of benzene rings is 1. The summed E-state index contributed by atoms with van der Waals surface area (Å²) in [6.07, 6.45) is 1.54. The molecule has 20 heavy (non-hydrogen) atoms. The molecule has 5 nitrogen and oxygen atoms in total. The van der Waals surface area contributed by atoms with E-state index in [1.54, 1.807) is 24.4 Å². The van der Waals surface area contributed by atoms with E-state index in [2.05, 4.69) is 43.0 Å². The summed E-state index contributed by atoms with van der Waals surface area (Å²) in [6, 6.07) is 7.24. The number of methoxy groups -OCH3 is 1. The zero-order chi connectivity index (χ0) is 14.7. The molecule has 0 aliphatic heterocycles. The van der Waals surface area contributed by atoms with Crippen LogP contribution in [0.3, 0.4) is 0 Å². The normalized spacial score (nSPS) is 10.1. The van der Waals surface area contributed by atoms with E-state index >= 15 is 0 Å². The second-order valence-corrected chi connectivity index (χ2v) is 5.56. The fraction of sp³-hybridized carbons (Fsp3) is 0.154. The number of hydrogen-bond acceptors (Lipinski definition) is 4. The maximum absolute atomic E-state index is 12.0. The molecule has 0 fully saturated rings. The molecule has 0 aliphatic carbocycles. The maximum atomic E-state index is 12.0. The van der Waals surface area contributed by atoms with Crippen molar-refractivity contribution in [1.29, 1.82) is 5.26 Å². The number of nitrogens with zero attached hydrogens (tertiary/aromatic N) is 3. The minimum atomic E-state index is -0.242. The van der Waals surface area contributed by atoms with Crippen LogP contribution in [0.15, 0.2) is 38.1 Å². The zero-order valence-corrected chi connectivity index (χ0v) is 13.6. The van der Waals surface area contributed by atoms with Gasteiger partial charge < -0.3 is 4.74 Å². The molecule has 0 atom stereocenters. The first kappa shape index (κ1) is 14.8. The lowest BCUT2D eigenvalue weighted by atomic mass is 10.1. The summed E-state index contributed by atoms with van der Waals surface area (Å²) in [7, 11) is 1.51. The fourth-order valence-electron chi connectivity index (χ4n) is 1.67. The number of aromatic nitrogens is 2. The lowest BCUT2D eigenvalue weighted by Crippen LogP contribution is -2.24. The first-order chi connectivity index (χ1) is 9.56. The van der Waals surface area contributed by atoms with Gasteiger partial charge >= 0.3 is 0 Å². The van der Waals surface area contributed by atoms with Crippen LogP contribution in [0.25, 0.3) is 0 Å². The average Bonchev–Trinajstić information content (AvgIpc) is 2.47. The van der Waals surface area contributed by atoms with Gasteiger partial charge in [0.2, 0.25) is 0 Å². The highest BCUT2D eigenvalue weighted by Gasteiger charge is 2.09. The Bertz CT molecular complexity index is 750. The van der Waals surface area contributed by atoms with Gasteiger partial charge in [-0.25, -0.2) is 4.68 Å². The topological polar surface area (TPSA) is 67.9 Å². The summed E-state index contributed by atoms with van der Waals surface area (Å²) in [5, 5.41) is 13.1. The molecule has 1 aromatic carbocycles. The summed E-state index contributed by atoms with van der Waals surface area (Å²) in [5.41, 5.74) is 0.981. The number of rotatable bonds is 3. The van der Waals surface area contributed by atoms with E-state index in [1.165, 1.54) is 11.8 Å². The van der Waals surface area contributed by atoms with Gasteiger partial charge in [-0.1, -0.05) is 6.07 Å². The summed E-state index contributed by atoms with van der Waals surface area (Å²) < 4.78 is 7.42. The van der Waals surface area contributed by atoms with E-state index in [0.717, 1.165) is 5.56 Å². The van der Waals surface area contributed by atoms with E-state index in [4.69, 9.17) is 10.00 Å². The van der Waals surface area contributed by atoms with E-state index in [1.807, 2.05) is 0 Å². The fourth-order valence-corrected chi connectivity index (χ4v) is 2.24. The van der Waals surface area contributed by atoms with Crippen molar-refractivity contribution >= 4 is 31.9 Å². The minimum Gasteiger partial charge on any atom is -0.495 e. The average molecular weight is 399 g/mol. The Morgan fingerprint density at radius 1 is 1.45 bits per heavy atom. The van der Waals surface area contributed by atoms with E-state index in [9.17, 15) is 4.79 Å². The van der Waals surface area contributed by atoms with Gasteiger partial charge in [-0.05, 0) is 49.6 Å². The summed E-state index contributed by atoms with van der Waals surface area (Å²) >= 11 is 6.43. The van der Waals surface area contributed by atoms with Crippen LogP contribution in [0.4, 0.5) is 0 Å². The molecule has 0 amide bonds. The first-order valence-electron chi connectivity index (χ1n) is 5.55. The molecule has 2 aromatic rings. The molecule has 1 aromatic heterocycles. The van der Waals surface area contributed by atoms with Crippen LogP contribution in [0.1, 0.15) is 11.1 Å². The molecule has 0 saturated carbocycles. The Morgan fingerprint density at radius 2 is 2.20 bits per heavy atom. The predicted octanol–water partition coefficient (Wildman–Crippen LogP) is 2.70. The van der Waals surface area contributed by atoms with E-state index < -0.39 is 0 Å². The Kier molecular flexibility index (Phi) is 4.57. The molecule has 0 bridgehead atoms. The quantitative estimate of drug-likeness (QED) is 0.797. The number of nitriles is 1. The summed E-state index contributed by atoms with van der Waals surface area (Å²) in [4.78, 5) is 12.0. The third kappa shape index (κ3) is 2.92. The molecule has 7 heteroatoms. The maximum Gasteiger partial charge on any atom is 0.282 e. The highest BCUT2D eigenvalue weighted by atomic mass is 79.9. The summed E-state index contributed by atoms with van der Waals surface area (Å²) in [5.74, 6) is 0.508. The van der Waals surface area contributed by atoms with Crippen molar-refractivity contribution in [3.05, 3.63) is 54.8 Å². The van der Waals surface area contributed by atoms with Crippen molar-refractivity contribution in [2.75, 3.05) is 7.11 Å². The minimum absolute atomic E-state index is 0.242. The number of ether oxygens (including phenoxy) is 1. The standard InChI is InChI=1S/C13H9Br2N3O2/c1-20-11-3-2-8(4-9(11)5-16)7-18-13(19)12(15)10(14)6-17-18/h2-4,6H,7H2,1H3. The molecule has 102 valence electrons. The van der Waals surface area contributed by atoms with Crippen molar-refractivity contribution < 1.29 is 4.74 Å². The predicted molar refractivity (Wildman–Crippen MR) is 80.7 cm³/mol. The van der Waals surface area contributed by atoms with Gasteiger partial charge in [0.15, 0.2) is 0 Å². The molecule has 1 heterocycles. The van der Waals surface area contributed by atoms with Gasteiger partial charge in [0.05, 0.1) is 29.9 Å². The van der Waals surface area contributed by atoms with Gasteiger partial charge in [0.25, 0.3) is 5.56 Å². The van der Waals surface area contributed by atoms with Gasteiger partial charge in [0, 0.05) is 0 Å². The second kappa shape index (κ2) is 6.20. The van der Waals surface area contributed by atoms with E-state index in [0.29, 0.717) is 20.3 Å². The Morgan fingerprint density at radius 3 is 2.85 bits per heavy atom. The van der Waals surface area contributed by atoms with Crippen LogP contribution in [0, 0.1) is 11.3 Å². The van der Waals surface area contributed by atoms with Crippen molar-refractivity contribution in [1.82, 2.24) is 9.78 Å². The number of halogens is 2. The third-order valence-electron chi connectivity index (χ3n) is 2.66. The highest BCUT2D eigenvalue weighted by molar-refractivity contribution is 9.13. The molecule has 0 radical (unpaired) electrons. The third-order valence-corrected chi connectivity index (χ3v) is 4.56. The van der Waals surface area contributed by atoms with Crippen LogP contribution >= 0.6 is 31.9 Å². The van der Waals surface area contributed by atoms with Crippen molar-refractivity contribution in [2.45, 2.75) is 6.54 Å². The Labute approximate surface area is 132 Å². The zero-order valence-electron chi connectivity index (χ0n) is 10.4. The number of hydrogen-bond donors (Lipinski definition) is 0. The Balaban J connectivity index is 2.39. The van der Waals surface area contributed by atoms with Crippen LogP contribution in [-0.4, -0.2) is 16.9 Å². The van der Waals surface area contributed by atoms with Crippen molar-refractivity contribution in [2.24, 2.45) is 0 Å². The SMILES string of the molecule is COc1ccc(Cn2ncc(Br)c(Br)c2=O)cc1C#N. The monoisotopic (exact) mass is 397 g/mol.